The molecule has 0 radical (unpaired) electrons. The molecule has 1 aromatic rings. The van der Waals surface area contributed by atoms with Crippen molar-refractivity contribution in [3.05, 3.63) is 29.3 Å². The molecule has 1 atom stereocenters. The minimum absolute atomic E-state index is 0.271. The number of ether oxygens (including phenoxy) is 1. The van der Waals surface area contributed by atoms with Gasteiger partial charge in [-0.15, -0.1) is 0 Å². The zero-order valence-electron chi connectivity index (χ0n) is 10.6. The largest absolute Gasteiger partial charge is 0.364 e. The molecule has 0 aromatic carbocycles. The SMILES string of the molecule is CC1(C)CC2(CCC1=O)OCc1cc(F)cnc12. The number of fused-ring (bicyclic) bond motifs is 2. The molecule has 3 rings (SSSR count). The molecule has 18 heavy (non-hydrogen) atoms. The molecule has 1 unspecified atom stereocenters. The summed E-state index contributed by atoms with van der Waals surface area (Å²) in [5.41, 5.74) is 0.765. The van der Waals surface area contributed by atoms with E-state index in [2.05, 4.69) is 4.98 Å². The second-order valence-corrected chi connectivity index (χ2v) is 5.93. The van der Waals surface area contributed by atoms with Gasteiger partial charge in [-0.3, -0.25) is 9.78 Å². The molecule has 1 aromatic heterocycles. The molecule has 96 valence electrons. The van der Waals surface area contributed by atoms with Gasteiger partial charge in [0.05, 0.1) is 18.5 Å². The molecule has 0 amide bonds. The average molecular weight is 249 g/mol. The van der Waals surface area contributed by atoms with Crippen molar-refractivity contribution in [1.82, 2.24) is 4.98 Å². The van der Waals surface area contributed by atoms with Crippen LogP contribution >= 0.6 is 0 Å². The van der Waals surface area contributed by atoms with Crippen LogP contribution < -0.4 is 0 Å². The summed E-state index contributed by atoms with van der Waals surface area (Å²) >= 11 is 0. The first-order valence-electron chi connectivity index (χ1n) is 6.25. The number of rotatable bonds is 0. The lowest BCUT2D eigenvalue weighted by Gasteiger charge is -2.40. The summed E-state index contributed by atoms with van der Waals surface area (Å²) in [6.45, 7) is 4.28. The van der Waals surface area contributed by atoms with Gasteiger partial charge in [-0.2, -0.15) is 0 Å². The molecule has 3 nitrogen and oxygen atoms in total. The first-order chi connectivity index (χ1) is 8.43. The lowest BCUT2D eigenvalue weighted by Crippen LogP contribution is -2.42. The molecule has 1 aliphatic carbocycles. The smallest absolute Gasteiger partial charge is 0.141 e. The molecule has 0 N–H and O–H groups in total. The van der Waals surface area contributed by atoms with Crippen LogP contribution in [0.4, 0.5) is 4.39 Å². The van der Waals surface area contributed by atoms with Crippen molar-refractivity contribution in [2.75, 3.05) is 0 Å². The van der Waals surface area contributed by atoms with E-state index in [4.69, 9.17) is 4.74 Å². The topological polar surface area (TPSA) is 39.2 Å². The highest BCUT2D eigenvalue weighted by Crippen LogP contribution is 2.50. The van der Waals surface area contributed by atoms with Crippen LogP contribution in [0.5, 0.6) is 0 Å². The number of ketones is 1. The van der Waals surface area contributed by atoms with Crippen molar-refractivity contribution in [3.63, 3.8) is 0 Å². The molecule has 0 bridgehead atoms. The maximum Gasteiger partial charge on any atom is 0.141 e. The Hall–Kier alpha value is -1.29. The van der Waals surface area contributed by atoms with E-state index in [1.807, 2.05) is 13.8 Å². The number of carbonyl (C=O) groups excluding carboxylic acids is 1. The minimum atomic E-state index is -0.486. The number of halogens is 1. The van der Waals surface area contributed by atoms with Gasteiger partial charge in [0.15, 0.2) is 0 Å². The van der Waals surface area contributed by atoms with E-state index in [0.29, 0.717) is 25.9 Å². The van der Waals surface area contributed by atoms with Crippen LogP contribution in [-0.2, 0) is 21.7 Å². The Morgan fingerprint density at radius 2 is 2.22 bits per heavy atom. The van der Waals surface area contributed by atoms with Gasteiger partial charge in [0.25, 0.3) is 0 Å². The molecule has 4 heteroatoms. The van der Waals surface area contributed by atoms with Crippen molar-refractivity contribution in [2.24, 2.45) is 5.41 Å². The Bertz CT molecular complexity index is 527. The summed E-state index contributed by atoms with van der Waals surface area (Å²) in [6, 6.07) is 1.49. The number of Topliss-reactive ketones (excluding diaryl/α,β-unsaturated/α-hetero) is 1. The van der Waals surface area contributed by atoms with E-state index in [1.165, 1.54) is 12.3 Å². The number of hydrogen-bond acceptors (Lipinski definition) is 3. The van der Waals surface area contributed by atoms with Gasteiger partial charge in [0.2, 0.25) is 0 Å². The van der Waals surface area contributed by atoms with Crippen LogP contribution in [0.1, 0.15) is 44.4 Å². The molecule has 2 aliphatic rings. The Labute approximate surface area is 105 Å². The quantitative estimate of drug-likeness (QED) is 0.709. The highest BCUT2D eigenvalue weighted by atomic mass is 19.1. The van der Waals surface area contributed by atoms with E-state index >= 15 is 0 Å². The number of carbonyl (C=O) groups is 1. The van der Waals surface area contributed by atoms with Crippen molar-refractivity contribution >= 4 is 5.78 Å². The normalized spacial score (nSPS) is 29.6. The predicted molar refractivity (Wildman–Crippen MR) is 63.3 cm³/mol. The maximum atomic E-state index is 13.2. The van der Waals surface area contributed by atoms with Crippen LogP contribution in [-0.4, -0.2) is 10.8 Å². The zero-order chi connectivity index (χ0) is 13.0. The molecule has 2 heterocycles. The Kier molecular flexibility index (Phi) is 2.36. The fourth-order valence-electron chi connectivity index (χ4n) is 3.17. The standard InChI is InChI=1S/C14H16FNO2/c1-13(2)8-14(4-3-11(13)17)12-9(7-18-14)5-10(15)6-16-12/h5-6H,3-4,7-8H2,1-2H3. The van der Waals surface area contributed by atoms with Crippen LogP contribution in [0.25, 0.3) is 0 Å². The Balaban J connectivity index is 2.03. The Morgan fingerprint density at radius 1 is 1.44 bits per heavy atom. The first kappa shape index (κ1) is 11.8. The summed E-state index contributed by atoms with van der Waals surface area (Å²) in [7, 11) is 0. The monoisotopic (exact) mass is 249 g/mol. The van der Waals surface area contributed by atoms with Gasteiger partial charge < -0.3 is 4.74 Å². The van der Waals surface area contributed by atoms with Crippen LogP contribution in [0.3, 0.4) is 0 Å². The van der Waals surface area contributed by atoms with Gasteiger partial charge in [0, 0.05) is 17.4 Å². The van der Waals surface area contributed by atoms with E-state index < -0.39 is 11.0 Å². The third-order valence-electron chi connectivity index (χ3n) is 4.11. The number of pyridine rings is 1. The lowest BCUT2D eigenvalue weighted by atomic mass is 9.68. The maximum absolute atomic E-state index is 13.2. The van der Waals surface area contributed by atoms with Gasteiger partial charge in [-0.1, -0.05) is 13.8 Å². The van der Waals surface area contributed by atoms with Crippen molar-refractivity contribution in [2.45, 2.75) is 45.3 Å². The van der Waals surface area contributed by atoms with Crippen molar-refractivity contribution < 1.29 is 13.9 Å². The Morgan fingerprint density at radius 3 is 2.94 bits per heavy atom. The van der Waals surface area contributed by atoms with Gasteiger partial charge in [-0.05, 0) is 18.9 Å². The predicted octanol–water partition coefficient (Wildman–Crippen LogP) is 2.73. The molecule has 1 spiro atoms. The molecule has 1 aliphatic heterocycles. The van der Waals surface area contributed by atoms with E-state index in [9.17, 15) is 9.18 Å². The van der Waals surface area contributed by atoms with Crippen LogP contribution in [0.2, 0.25) is 0 Å². The number of nitrogens with zero attached hydrogens (tertiary/aromatic N) is 1. The number of aromatic nitrogens is 1. The lowest BCUT2D eigenvalue weighted by molar-refractivity contribution is -0.145. The summed E-state index contributed by atoms with van der Waals surface area (Å²) in [5, 5.41) is 0. The van der Waals surface area contributed by atoms with Crippen molar-refractivity contribution in [1.29, 1.82) is 0 Å². The van der Waals surface area contributed by atoms with Crippen molar-refractivity contribution in [3.8, 4) is 0 Å². The fourth-order valence-corrected chi connectivity index (χ4v) is 3.17. The number of hydrogen-bond donors (Lipinski definition) is 0. The summed E-state index contributed by atoms with van der Waals surface area (Å²) in [6.07, 6.45) is 3.02. The summed E-state index contributed by atoms with van der Waals surface area (Å²) in [4.78, 5) is 16.1. The van der Waals surface area contributed by atoms with Crippen LogP contribution in [0.15, 0.2) is 12.3 Å². The molecular weight excluding hydrogens is 233 g/mol. The fraction of sp³-hybridized carbons (Fsp3) is 0.571. The molecule has 0 saturated heterocycles. The average Bonchev–Trinajstić information content (AvgIpc) is 2.62. The molecular formula is C14H16FNO2. The van der Waals surface area contributed by atoms with Gasteiger partial charge in [-0.25, -0.2) is 4.39 Å². The highest BCUT2D eigenvalue weighted by molar-refractivity contribution is 5.85. The van der Waals surface area contributed by atoms with Gasteiger partial charge in [0.1, 0.15) is 17.2 Å². The van der Waals surface area contributed by atoms with E-state index in [0.717, 1.165) is 11.3 Å². The minimum Gasteiger partial charge on any atom is -0.364 e. The summed E-state index contributed by atoms with van der Waals surface area (Å²) < 4.78 is 19.1. The third kappa shape index (κ3) is 1.59. The first-order valence-corrected chi connectivity index (χ1v) is 6.25. The second kappa shape index (κ2) is 3.60. The third-order valence-corrected chi connectivity index (χ3v) is 4.11. The van der Waals surface area contributed by atoms with E-state index in [-0.39, 0.29) is 11.6 Å². The molecule has 1 fully saturated rings. The van der Waals surface area contributed by atoms with Crippen LogP contribution in [0, 0.1) is 11.2 Å². The van der Waals surface area contributed by atoms with E-state index in [1.54, 1.807) is 0 Å². The van der Waals surface area contributed by atoms with Gasteiger partial charge >= 0.3 is 0 Å². The zero-order valence-corrected chi connectivity index (χ0v) is 10.6. The highest BCUT2D eigenvalue weighted by Gasteiger charge is 2.50. The second-order valence-electron chi connectivity index (χ2n) is 5.93. The summed E-state index contributed by atoms with van der Waals surface area (Å²) in [5.74, 6) is -0.0622. The molecule has 1 saturated carbocycles.